The van der Waals surface area contributed by atoms with E-state index in [1.165, 1.54) is 5.56 Å². The Bertz CT molecular complexity index is 1320. The maximum Gasteiger partial charge on any atom is 0.254 e. The van der Waals surface area contributed by atoms with E-state index in [2.05, 4.69) is 34.3 Å². The fourth-order valence-electron chi connectivity index (χ4n) is 6.02. The highest BCUT2D eigenvalue weighted by atomic mass is 35.5. The Hall–Kier alpha value is -1.96. The molecule has 2 aromatic carbocycles. The number of methoxy groups -OCH3 is 1. The van der Waals surface area contributed by atoms with Crippen molar-refractivity contribution in [2.45, 2.75) is 42.2 Å². The van der Waals surface area contributed by atoms with Gasteiger partial charge in [-0.2, -0.15) is 0 Å². The molecule has 3 aromatic rings. The number of piperidine rings is 1. The number of ether oxygens (including phenoxy) is 1. The van der Waals surface area contributed by atoms with Crippen LogP contribution in [0.1, 0.15) is 64.2 Å². The number of amides is 1. The lowest BCUT2D eigenvalue weighted by atomic mass is 9.84. The second-order valence-electron chi connectivity index (χ2n) is 10.1. The highest BCUT2D eigenvalue weighted by Crippen LogP contribution is 2.45. The van der Waals surface area contributed by atoms with E-state index in [9.17, 15) is 4.79 Å². The Balaban J connectivity index is 0.00000353. The zero-order valence-electron chi connectivity index (χ0n) is 22.4. The predicted octanol–water partition coefficient (Wildman–Crippen LogP) is 7.72. The first kappa shape index (κ1) is 30.0. The molecule has 2 aliphatic rings. The van der Waals surface area contributed by atoms with Gasteiger partial charge in [-0.25, -0.2) is 4.98 Å². The molecule has 2 unspecified atom stereocenters. The van der Waals surface area contributed by atoms with Crippen LogP contribution >= 0.6 is 47.4 Å². The number of fused-ring (bicyclic) bond motifs is 1. The molecule has 0 bridgehead atoms. The number of likely N-dealkylation sites (N-methyl/N-ethyl adjacent to an activating group) is 1. The number of benzene rings is 2. The first-order valence-electron chi connectivity index (χ1n) is 13.0. The molecule has 5 rings (SSSR count). The number of nitrogens with zero attached hydrogens (tertiary/aromatic N) is 3. The number of carbonyl (C=O) groups excluding carboxylic acids is 1. The molecule has 1 saturated heterocycles. The Kier molecular flexibility index (Phi) is 10.1. The molecule has 0 spiro atoms. The Morgan fingerprint density at radius 2 is 1.79 bits per heavy atom. The van der Waals surface area contributed by atoms with Crippen LogP contribution in [0.4, 0.5) is 0 Å². The number of likely N-dealkylation sites (tertiary alicyclic amines) is 1. The van der Waals surface area contributed by atoms with Crippen LogP contribution in [0.15, 0.2) is 59.6 Å². The van der Waals surface area contributed by atoms with E-state index in [1.54, 1.807) is 18.9 Å². The molecular formula is C30H34Cl3N3O2S. The van der Waals surface area contributed by atoms with Crippen molar-refractivity contribution in [2.75, 3.05) is 40.0 Å². The van der Waals surface area contributed by atoms with Crippen molar-refractivity contribution in [1.29, 1.82) is 0 Å². The average Bonchev–Trinajstić information content (AvgIpc) is 3.20. The quantitative estimate of drug-likeness (QED) is 0.246. The van der Waals surface area contributed by atoms with Gasteiger partial charge in [0.25, 0.3) is 5.91 Å². The molecule has 1 aromatic heterocycles. The zero-order valence-corrected chi connectivity index (χ0v) is 25.5. The van der Waals surface area contributed by atoms with Crippen LogP contribution in [0, 0.1) is 0 Å². The van der Waals surface area contributed by atoms with Crippen molar-refractivity contribution >= 4 is 53.3 Å². The summed E-state index contributed by atoms with van der Waals surface area (Å²) in [5, 5.41) is 2.16. The third-order valence-electron chi connectivity index (χ3n) is 8.05. The number of hydrogen-bond donors (Lipinski definition) is 0. The van der Waals surface area contributed by atoms with E-state index in [0.717, 1.165) is 60.6 Å². The number of pyridine rings is 1. The first-order valence-corrected chi connectivity index (χ1v) is 15.0. The summed E-state index contributed by atoms with van der Waals surface area (Å²) in [7, 11) is 3.57. The number of carbonyl (C=O) groups is 1. The fraction of sp³-hybridized carbons (Fsp3) is 0.400. The van der Waals surface area contributed by atoms with Gasteiger partial charge in [-0.15, -0.1) is 24.2 Å². The molecule has 208 valence electrons. The Morgan fingerprint density at radius 1 is 1.05 bits per heavy atom. The summed E-state index contributed by atoms with van der Waals surface area (Å²) in [5.74, 6) is 1.35. The predicted molar refractivity (Wildman–Crippen MR) is 163 cm³/mol. The Labute approximate surface area is 251 Å². The molecule has 2 aliphatic heterocycles. The van der Waals surface area contributed by atoms with Crippen molar-refractivity contribution in [1.82, 2.24) is 14.8 Å². The van der Waals surface area contributed by atoms with Crippen LogP contribution in [-0.4, -0.2) is 60.7 Å². The second-order valence-corrected chi connectivity index (χ2v) is 11.7. The molecule has 0 aliphatic carbocycles. The molecular weight excluding hydrogens is 573 g/mol. The van der Waals surface area contributed by atoms with Gasteiger partial charge in [0.2, 0.25) is 5.88 Å². The molecule has 0 saturated carbocycles. The van der Waals surface area contributed by atoms with Crippen LogP contribution in [0.2, 0.25) is 10.0 Å². The van der Waals surface area contributed by atoms with Crippen LogP contribution < -0.4 is 4.74 Å². The third kappa shape index (κ3) is 6.20. The summed E-state index contributed by atoms with van der Waals surface area (Å²) in [6, 6.07) is 18.0. The second kappa shape index (κ2) is 13.1. The number of thioether (sulfide) groups is 1. The summed E-state index contributed by atoms with van der Waals surface area (Å²) in [4.78, 5) is 22.2. The zero-order chi connectivity index (χ0) is 26.8. The molecule has 2 atom stereocenters. The van der Waals surface area contributed by atoms with Crippen LogP contribution in [0.5, 0.6) is 5.88 Å². The van der Waals surface area contributed by atoms with Gasteiger partial charge in [-0.05, 0) is 86.0 Å². The van der Waals surface area contributed by atoms with Crippen molar-refractivity contribution < 1.29 is 9.53 Å². The van der Waals surface area contributed by atoms with E-state index in [4.69, 9.17) is 27.9 Å². The highest BCUT2D eigenvalue weighted by Gasteiger charge is 2.39. The summed E-state index contributed by atoms with van der Waals surface area (Å²) in [5.41, 5.74) is 4.33. The minimum absolute atomic E-state index is 0. The molecule has 39 heavy (non-hydrogen) atoms. The van der Waals surface area contributed by atoms with Gasteiger partial charge in [0.05, 0.1) is 23.2 Å². The summed E-state index contributed by atoms with van der Waals surface area (Å²) >= 11 is 14.4. The van der Waals surface area contributed by atoms with E-state index >= 15 is 0 Å². The van der Waals surface area contributed by atoms with E-state index in [0.29, 0.717) is 21.8 Å². The smallest absolute Gasteiger partial charge is 0.254 e. The molecule has 3 heterocycles. The Morgan fingerprint density at radius 3 is 2.49 bits per heavy atom. The van der Waals surface area contributed by atoms with E-state index in [1.807, 2.05) is 48.3 Å². The van der Waals surface area contributed by atoms with Crippen molar-refractivity contribution in [3.8, 4) is 5.88 Å². The average molecular weight is 607 g/mol. The molecule has 0 N–H and O–H groups in total. The van der Waals surface area contributed by atoms with Gasteiger partial charge in [0.15, 0.2) is 0 Å². The van der Waals surface area contributed by atoms with Gasteiger partial charge in [-0.1, -0.05) is 53.5 Å². The molecule has 9 heteroatoms. The normalized spacial score (nSPS) is 18.5. The fourth-order valence-corrected chi connectivity index (χ4v) is 6.98. The highest BCUT2D eigenvalue weighted by molar-refractivity contribution is 7.98. The number of aromatic nitrogens is 1. The van der Waals surface area contributed by atoms with Gasteiger partial charge in [-0.3, -0.25) is 4.79 Å². The minimum atomic E-state index is -0.0389. The van der Waals surface area contributed by atoms with Crippen LogP contribution in [0.25, 0.3) is 0 Å². The molecule has 1 amide bonds. The number of hydrogen-bond acceptors (Lipinski definition) is 5. The van der Waals surface area contributed by atoms with E-state index < -0.39 is 0 Å². The lowest BCUT2D eigenvalue weighted by Crippen LogP contribution is -2.36. The minimum Gasteiger partial charge on any atom is -0.481 e. The molecule has 0 radical (unpaired) electrons. The number of rotatable bonds is 8. The topological polar surface area (TPSA) is 45.7 Å². The SMILES string of the molecule is COc1ccc(C2CCN(CCC(c3ccc(Cl)c(Cl)c3)C3c4ccccc4C(=O)N3C)CC2)c(SC)n1.Cl. The van der Waals surface area contributed by atoms with Crippen LogP contribution in [0.3, 0.4) is 0 Å². The monoisotopic (exact) mass is 605 g/mol. The summed E-state index contributed by atoms with van der Waals surface area (Å²) in [6.45, 7) is 3.03. The summed E-state index contributed by atoms with van der Waals surface area (Å²) in [6.07, 6.45) is 5.19. The van der Waals surface area contributed by atoms with Gasteiger partial charge in [0.1, 0.15) is 5.03 Å². The lowest BCUT2D eigenvalue weighted by molar-refractivity contribution is 0.0746. The summed E-state index contributed by atoms with van der Waals surface area (Å²) < 4.78 is 5.33. The van der Waals surface area contributed by atoms with Crippen molar-refractivity contribution in [3.63, 3.8) is 0 Å². The molecule has 5 nitrogen and oxygen atoms in total. The van der Waals surface area contributed by atoms with Crippen LogP contribution in [-0.2, 0) is 0 Å². The maximum absolute atomic E-state index is 13.1. The standard InChI is InChI=1S/C30H33Cl2N3O2S.ClH/c1-34-28(23-6-4-5-7-24(23)30(34)36)21(20-8-10-25(31)26(32)18-20)14-17-35-15-12-19(13-16-35)22-9-11-27(37-2)33-29(22)38-3;/h4-11,18-19,21,28H,12-17H2,1-3H3;1H. The van der Waals surface area contributed by atoms with Gasteiger partial charge < -0.3 is 14.5 Å². The molecule has 1 fully saturated rings. The van der Waals surface area contributed by atoms with E-state index in [-0.39, 0.29) is 30.3 Å². The van der Waals surface area contributed by atoms with Gasteiger partial charge in [0, 0.05) is 24.6 Å². The van der Waals surface area contributed by atoms with Gasteiger partial charge >= 0.3 is 0 Å². The van der Waals surface area contributed by atoms with Crippen molar-refractivity contribution in [2.24, 2.45) is 0 Å². The van der Waals surface area contributed by atoms with Crippen molar-refractivity contribution in [3.05, 3.63) is 86.9 Å². The number of halogens is 3. The third-order valence-corrected chi connectivity index (χ3v) is 9.50. The maximum atomic E-state index is 13.1. The first-order chi connectivity index (χ1) is 18.4. The lowest BCUT2D eigenvalue weighted by Gasteiger charge is -2.35. The largest absolute Gasteiger partial charge is 0.481 e.